The first-order chi connectivity index (χ1) is 9.23. The van der Waals surface area contributed by atoms with Crippen molar-refractivity contribution in [3.8, 4) is 5.75 Å². The maximum atomic E-state index is 6.15. The van der Waals surface area contributed by atoms with Crippen molar-refractivity contribution in [1.29, 1.82) is 0 Å². The third-order valence-electron chi connectivity index (χ3n) is 3.83. The van der Waals surface area contributed by atoms with Gasteiger partial charge in [0.25, 0.3) is 0 Å². The lowest BCUT2D eigenvalue weighted by molar-refractivity contribution is 0.216. The van der Waals surface area contributed by atoms with Crippen molar-refractivity contribution >= 4 is 27.3 Å². The third-order valence-corrected chi connectivity index (χ3v) is 5.45. The first-order valence-electron chi connectivity index (χ1n) is 6.40. The van der Waals surface area contributed by atoms with E-state index >= 15 is 0 Å². The van der Waals surface area contributed by atoms with E-state index in [9.17, 15) is 0 Å². The third kappa shape index (κ3) is 2.45. The number of hydrogen-bond donors (Lipinski definition) is 1. The lowest BCUT2D eigenvalue weighted by Crippen LogP contribution is -2.41. The molecule has 1 atom stereocenters. The normalized spacial score (nSPS) is 21.8. The van der Waals surface area contributed by atoms with Crippen LogP contribution in [-0.4, -0.2) is 13.2 Å². The summed E-state index contributed by atoms with van der Waals surface area (Å²) in [6.07, 6.45) is 1.97. The number of benzene rings is 1. The molecule has 1 aliphatic rings. The minimum absolute atomic E-state index is 0.0130. The average Bonchev–Trinajstić information content (AvgIpc) is 2.84. The van der Waals surface area contributed by atoms with Gasteiger partial charge in [-0.15, -0.1) is 11.3 Å². The fraction of sp³-hybridized carbons (Fsp3) is 0.333. The van der Waals surface area contributed by atoms with Gasteiger partial charge in [-0.2, -0.15) is 0 Å². The fourth-order valence-electron chi connectivity index (χ4n) is 2.77. The highest BCUT2D eigenvalue weighted by Crippen LogP contribution is 2.41. The van der Waals surface area contributed by atoms with Crippen molar-refractivity contribution in [3.63, 3.8) is 0 Å². The summed E-state index contributed by atoms with van der Waals surface area (Å²) in [6.45, 7) is 1.41. The van der Waals surface area contributed by atoms with Crippen molar-refractivity contribution in [3.05, 3.63) is 50.6 Å². The molecule has 1 unspecified atom stereocenters. The molecule has 0 bridgehead atoms. The molecule has 1 aromatic heterocycles. The molecule has 0 saturated carbocycles. The summed E-state index contributed by atoms with van der Waals surface area (Å²) < 4.78 is 6.94. The van der Waals surface area contributed by atoms with E-state index in [-0.39, 0.29) is 5.41 Å². The molecule has 19 heavy (non-hydrogen) atoms. The number of rotatable bonds is 3. The van der Waals surface area contributed by atoms with Crippen molar-refractivity contribution in [2.45, 2.75) is 18.3 Å². The highest BCUT2D eigenvalue weighted by molar-refractivity contribution is 9.11. The van der Waals surface area contributed by atoms with Gasteiger partial charge in [-0.25, -0.2) is 0 Å². The lowest BCUT2D eigenvalue weighted by atomic mass is 9.73. The Morgan fingerprint density at radius 3 is 2.84 bits per heavy atom. The van der Waals surface area contributed by atoms with Gasteiger partial charge >= 0.3 is 0 Å². The molecule has 2 heterocycles. The maximum absolute atomic E-state index is 6.15. The largest absolute Gasteiger partial charge is 0.493 e. The Bertz CT molecular complexity index is 583. The van der Waals surface area contributed by atoms with E-state index in [0.717, 1.165) is 25.2 Å². The smallest absolute Gasteiger partial charge is 0.123 e. The number of nitrogens with two attached hydrogens (primary N) is 1. The molecule has 1 aromatic carbocycles. The van der Waals surface area contributed by atoms with Gasteiger partial charge in [0.1, 0.15) is 5.75 Å². The summed E-state index contributed by atoms with van der Waals surface area (Å²) >= 11 is 5.32. The van der Waals surface area contributed by atoms with Crippen LogP contribution in [0.25, 0.3) is 0 Å². The highest BCUT2D eigenvalue weighted by Gasteiger charge is 2.36. The topological polar surface area (TPSA) is 35.2 Å². The lowest BCUT2D eigenvalue weighted by Gasteiger charge is -2.37. The second-order valence-corrected chi connectivity index (χ2v) is 7.51. The molecule has 0 amide bonds. The van der Waals surface area contributed by atoms with Crippen LogP contribution >= 0.6 is 27.3 Å². The molecule has 100 valence electrons. The van der Waals surface area contributed by atoms with Crippen molar-refractivity contribution < 1.29 is 4.74 Å². The van der Waals surface area contributed by atoms with Gasteiger partial charge in [0.15, 0.2) is 0 Å². The Morgan fingerprint density at radius 2 is 2.11 bits per heavy atom. The molecular weight excluding hydrogens is 322 g/mol. The number of hydrogen-bond acceptors (Lipinski definition) is 3. The molecule has 0 saturated heterocycles. The molecule has 2 nitrogen and oxygen atoms in total. The average molecular weight is 338 g/mol. The Morgan fingerprint density at radius 1 is 1.26 bits per heavy atom. The summed E-state index contributed by atoms with van der Waals surface area (Å²) in [7, 11) is 0. The van der Waals surface area contributed by atoms with E-state index in [1.165, 1.54) is 14.2 Å². The van der Waals surface area contributed by atoms with Gasteiger partial charge < -0.3 is 10.5 Å². The fourth-order valence-corrected chi connectivity index (χ4v) is 4.40. The quantitative estimate of drug-likeness (QED) is 0.925. The summed E-state index contributed by atoms with van der Waals surface area (Å²) in [5, 5.41) is 0. The van der Waals surface area contributed by atoms with Crippen molar-refractivity contribution in [2.24, 2.45) is 5.73 Å². The van der Waals surface area contributed by atoms with E-state index in [1.807, 2.05) is 12.1 Å². The van der Waals surface area contributed by atoms with E-state index in [4.69, 9.17) is 10.5 Å². The van der Waals surface area contributed by atoms with Crippen LogP contribution in [0.3, 0.4) is 0 Å². The Kier molecular flexibility index (Phi) is 3.65. The van der Waals surface area contributed by atoms with Gasteiger partial charge in [-0.3, -0.25) is 0 Å². The molecule has 2 N–H and O–H groups in total. The van der Waals surface area contributed by atoms with Gasteiger partial charge in [-0.05, 0) is 47.0 Å². The van der Waals surface area contributed by atoms with Crippen molar-refractivity contribution in [1.82, 2.24) is 0 Å². The molecule has 4 heteroatoms. The Balaban J connectivity index is 2.00. The number of fused-ring (bicyclic) bond motifs is 1. The van der Waals surface area contributed by atoms with Crippen LogP contribution in [0.1, 0.15) is 16.9 Å². The molecule has 0 aliphatic carbocycles. The molecule has 0 spiro atoms. The highest BCUT2D eigenvalue weighted by atomic mass is 79.9. The van der Waals surface area contributed by atoms with Crippen LogP contribution < -0.4 is 10.5 Å². The van der Waals surface area contributed by atoms with Crippen LogP contribution in [0.5, 0.6) is 5.75 Å². The summed E-state index contributed by atoms with van der Waals surface area (Å²) in [5.74, 6) is 0.995. The van der Waals surface area contributed by atoms with Crippen LogP contribution in [0, 0.1) is 0 Å². The number of ether oxygens (including phenoxy) is 1. The summed E-state index contributed by atoms with van der Waals surface area (Å²) in [5.41, 5.74) is 7.42. The molecule has 3 rings (SSSR count). The van der Waals surface area contributed by atoms with E-state index in [0.29, 0.717) is 6.54 Å². The summed E-state index contributed by atoms with van der Waals surface area (Å²) in [6, 6.07) is 12.6. The van der Waals surface area contributed by atoms with Crippen LogP contribution in [0.4, 0.5) is 0 Å². The molecule has 0 fully saturated rings. The standard InChI is InChI=1S/C15H16BrNOS/c16-14-6-5-11(19-14)9-15(10-17)7-8-18-13-4-2-1-3-12(13)15/h1-6H,7-10,17H2. The molecular formula is C15H16BrNOS. The number of thiophene rings is 1. The zero-order chi connectivity index (χ0) is 13.3. The minimum atomic E-state index is 0.0130. The second kappa shape index (κ2) is 5.27. The zero-order valence-corrected chi connectivity index (χ0v) is 13.0. The van der Waals surface area contributed by atoms with Crippen LogP contribution in [0.15, 0.2) is 40.2 Å². The van der Waals surface area contributed by atoms with Gasteiger partial charge in [0, 0.05) is 22.4 Å². The minimum Gasteiger partial charge on any atom is -0.493 e. The number of para-hydroxylation sites is 1. The van der Waals surface area contributed by atoms with E-state index < -0.39 is 0 Å². The summed E-state index contributed by atoms with van der Waals surface area (Å²) in [4.78, 5) is 1.37. The molecule has 2 aromatic rings. The second-order valence-electron chi connectivity index (χ2n) is 4.96. The van der Waals surface area contributed by atoms with Crippen LogP contribution in [0.2, 0.25) is 0 Å². The SMILES string of the molecule is NCC1(Cc2ccc(Br)s2)CCOc2ccccc21. The van der Waals surface area contributed by atoms with Crippen LogP contribution in [-0.2, 0) is 11.8 Å². The predicted molar refractivity (Wildman–Crippen MR) is 83.0 cm³/mol. The maximum Gasteiger partial charge on any atom is 0.123 e. The monoisotopic (exact) mass is 337 g/mol. The van der Waals surface area contributed by atoms with Crippen molar-refractivity contribution in [2.75, 3.05) is 13.2 Å². The van der Waals surface area contributed by atoms with Gasteiger partial charge in [0.2, 0.25) is 0 Å². The van der Waals surface area contributed by atoms with E-state index in [1.54, 1.807) is 11.3 Å². The van der Waals surface area contributed by atoms with Gasteiger partial charge in [-0.1, -0.05) is 18.2 Å². The molecule has 1 aliphatic heterocycles. The number of halogens is 1. The zero-order valence-electron chi connectivity index (χ0n) is 10.6. The van der Waals surface area contributed by atoms with E-state index in [2.05, 4.69) is 40.2 Å². The Hall–Kier alpha value is -0.840. The Labute approximate surface area is 125 Å². The predicted octanol–water partition coefficient (Wildman–Crippen LogP) is 3.73. The molecule has 0 radical (unpaired) electrons. The van der Waals surface area contributed by atoms with Gasteiger partial charge in [0.05, 0.1) is 10.4 Å². The first kappa shape index (κ1) is 13.2. The first-order valence-corrected chi connectivity index (χ1v) is 8.01.